The number of benzene rings is 2. The van der Waals surface area contributed by atoms with Gasteiger partial charge in [0.25, 0.3) is 0 Å². The zero-order valence-electron chi connectivity index (χ0n) is 11.4. The van der Waals surface area contributed by atoms with Crippen LogP contribution < -0.4 is 5.32 Å². The van der Waals surface area contributed by atoms with Crippen molar-refractivity contribution in [1.82, 2.24) is 10.3 Å². The molecule has 1 aromatic heterocycles. The molecule has 1 N–H and O–H groups in total. The van der Waals surface area contributed by atoms with E-state index in [4.69, 9.17) is 4.98 Å². The Morgan fingerprint density at radius 3 is 2.86 bits per heavy atom. The van der Waals surface area contributed by atoms with Crippen LogP contribution in [0.4, 0.5) is 0 Å². The third kappa shape index (κ3) is 3.47. The lowest BCUT2D eigenvalue weighted by atomic mass is 10.0. The van der Waals surface area contributed by atoms with E-state index in [0.29, 0.717) is 0 Å². The molecule has 1 atom stereocenters. The second kappa shape index (κ2) is 6.73. The maximum absolute atomic E-state index is 4.74. The number of halogens is 2. The van der Waals surface area contributed by atoms with E-state index in [2.05, 4.69) is 80.2 Å². The molecule has 1 unspecified atom stereocenters. The highest BCUT2D eigenvalue weighted by Crippen LogP contribution is 2.29. The van der Waals surface area contributed by atoms with Crippen LogP contribution in [0.1, 0.15) is 16.6 Å². The lowest BCUT2D eigenvalue weighted by Gasteiger charge is -2.17. The summed E-state index contributed by atoms with van der Waals surface area (Å²) in [4.78, 5) is 4.74. The number of thiazole rings is 1. The maximum Gasteiger partial charge on any atom is 0.0957 e. The topological polar surface area (TPSA) is 24.9 Å². The first-order chi connectivity index (χ1) is 10.2. The maximum atomic E-state index is 4.74. The van der Waals surface area contributed by atoms with E-state index >= 15 is 0 Å². The third-order valence-corrected chi connectivity index (χ3v) is 5.93. The average Bonchev–Trinajstić information content (AvgIpc) is 2.90. The van der Waals surface area contributed by atoms with Gasteiger partial charge in [0.2, 0.25) is 0 Å². The summed E-state index contributed by atoms with van der Waals surface area (Å²) in [7, 11) is 2.01. The van der Waals surface area contributed by atoms with E-state index < -0.39 is 0 Å². The normalized spacial score (nSPS) is 12.7. The molecule has 1 heterocycles. The Bertz CT molecular complexity index is 739. The van der Waals surface area contributed by atoms with Crippen molar-refractivity contribution in [2.45, 2.75) is 12.5 Å². The molecule has 108 valence electrons. The van der Waals surface area contributed by atoms with Gasteiger partial charge in [-0.25, -0.2) is 4.98 Å². The van der Waals surface area contributed by atoms with Gasteiger partial charge >= 0.3 is 0 Å². The number of aromatic nitrogens is 1. The van der Waals surface area contributed by atoms with Gasteiger partial charge < -0.3 is 5.32 Å². The van der Waals surface area contributed by atoms with Crippen molar-refractivity contribution in [2.24, 2.45) is 0 Å². The van der Waals surface area contributed by atoms with Gasteiger partial charge in [-0.05, 0) is 65.5 Å². The number of nitrogens with one attached hydrogen (secondary N) is 1. The van der Waals surface area contributed by atoms with Crippen LogP contribution in [-0.4, -0.2) is 12.0 Å². The molecule has 0 amide bonds. The van der Waals surface area contributed by atoms with Crippen LogP contribution >= 0.6 is 49.9 Å². The summed E-state index contributed by atoms with van der Waals surface area (Å²) >= 11 is 7.74. The van der Waals surface area contributed by atoms with E-state index in [1.54, 1.807) is 11.3 Å². The smallest absolute Gasteiger partial charge is 0.0957 e. The highest BCUT2D eigenvalue weighted by atomic mass is 127. The highest BCUT2D eigenvalue weighted by Gasteiger charge is 2.16. The number of fused-ring (bicyclic) bond motifs is 1. The predicted molar refractivity (Wildman–Crippen MR) is 102 cm³/mol. The fraction of sp³-hybridized carbons (Fsp3) is 0.188. The molecule has 2 nitrogen and oxygen atoms in total. The molecule has 0 aliphatic carbocycles. The van der Waals surface area contributed by atoms with Crippen LogP contribution in [0, 0.1) is 3.57 Å². The molecule has 0 aliphatic rings. The molecule has 3 rings (SSSR count). The number of likely N-dealkylation sites (N-methyl/N-ethyl adjacent to an activating group) is 1. The van der Waals surface area contributed by atoms with Gasteiger partial charge in [-0.2, -0.15) is 0 Å². The van der Waals surface area contributed by atoms with Crippen molar-refractivity contribution in [3.63, 3.8) is 0 Å². The average molecular weight is 473 g/mol. The number of rotatable bonds is 4. The minimum Gasteiger partial charge on any atom is -0.313 e. The van der Waals surface area contributed by atoms with Crippen molar-refractivity contribution >= 4 is 60.1 Å². The zero-order valence-corrected chi connectivity index (χ0v) is 16.0. The molecular formula is C16H14BrIN2S. The van der Waals surface area contributed by atoms with E-state index in [-0.39, 0.29) is 6.04 Å². The third-order valence-electron chi connectivity index (χ3n) is 3.40. The lowest BCUT2D eigenvalue weighted by Crippen LogP contribution is -2.19. The van der Waals surface area contributed by atoms with Crippen molar-refractivity contribution in [3.05, 3.63) is 61.1 Å². The standard InChI is InChI=1S/C16H14BrIN2S/c1-19-14(11-8-10(17)6-7-12(11)18)9-16-20-13-4-2-3-5-15(13)21-16/h2-8,14,19H,9H2,1H3. The van der Waals surface area contributed by atoms with Gasteiger partial charge in [0, 0.05) is 20.5 Å². The molecule has 0 saturated carbocycles. The van der Waals surface area contributed by atoms with Crippen molar-refractivity contribution in [2.75, 3.05) is 7.05 Å². The predicted octanol–water partition coefficient (Wildman–Crippen LogP) is 5.17. The monoisotopic (exact) mass is 472 g/mol. The summed E-state index contributed by atoms with van der Waals surface area (Å²) in [5, 5.41) is 4.59. The second-order valence-electron chi connectivity index (χ2n) is 4.79. The van der Waals surface area contributed by atoms with Gasteiger partial charge in [-0.3, -0.25) is 0 Å². The van der Waals surface area contributed by atoms with E-state index in [1.807, 2.05) is 13.1 Å². The molecule has 0 spiro atoms. The van der Waals surface area contributed by atoms with Gasteiger partial charge in [-0.15, -0.1) is 11.3 Å². The summed E-state index contributed by atoms with van der Waals surface area (Å²) < 4.78 is 3.64. The summed E-state index contributed by atoms with van der Waals surface area (Å²) in [5.74, 6) is 0. The summed E-state index contributed by atoms with van der Waals surface area (Å²) in [6.07, 6.45) is 0.905. The van der Waals surface area contributed by atoms with Gasteiger partial charge in [-0.1, -0.05) is 28.1 Å². The van der Waals surface area contributed by atoms with Crippen molar-refractivity contribution in [3.8, 4) is 0 Å². The molecule has 0 bridgehead atoms. The quantitative estimate of drug-likeness (QED) is 0.530. The molecule has 0 saturated heterocycles. The Kier molecular flexibility index (Phi) is 4.93. The van der Waals surface area contributed by atoms with Gasteiger partial charge in [0.1, 0.15) is 0 Å². The Hall–Kier alpha value is -0.500. The van der Waals surface area contributed by atoms with Crippen LogP contribution in [0.5, 0.6) is 0 Å². The Labute approximate surface area is 150 Å². The second-order valence-corrected chi connectivity index (χ2v) is 7.98. The summed E-state index contributed by atoms with van der Waals surface area (Å²) in [5.41, 5.74) is 2.41. The Morgan fingerprint density at radius 2 is 2.10 bits per heavy atom. The molecule has 0 radical (unpaired) electrons. The van der Waals surface area contributed by atoms with E-state index in [1.165, 1.54) is 18.8 Å². The number of hydrogen-bond acceptors (Lipinski definition) is 3. The summed E-state index contributed by atoms with van der Waals surface area (Å²) in [6, 6.07) is 15.0. The number of hydrogen-bond donors (Lipinski definition) is 1. The molecule has 0 fully saturated rings. The fourth-order valence-electron chi connectivity index (χ4n) is 2.33. The highest BCUT2D eigenvalue weighted by molar-refractivity contribution is 14.1. The Morgan fingerprint density at radius 1 is 1.29 bits per heavy atom. The molecule has 5 heteroatoms. The SMILES string of the molecule is CNC(Cc1nc2ccccc2s1)c1cc(Br)ccc1I. The molecule has 0 aliphatic heterocycles. The fourth-order valence-corrected chi connectivity index (χ4v) is 4.43. The molecule has 21 heavy (non-hydrogen) atoms. The summed E-state index contributed by atoms with van der Waals surface area (Å²) in [6.45, 7) is 0. The first-order valence-corrected chi connectivity index (χ1v) is 9.33. The minimum atomic E-state index is 0.273. The van der Waals surface area contributed by atoms with Crippen LogP contribution in [0.25, 0.3) is 10.2 Å². The lowest BCUT2D eigenvalue weighted by molar-refractivity contribution is 0.588. The molecule has 2 aromatic carbocycles. The van der Waals surface area contributed by atoms with Crippen LogP contribution in [-0.2, 0) is 6.42 Å². The number of para-hydroxylation sites is 1. The first-order valence-electron chi connectivity index (χ1n) is 6.64. The van der Waals surface area contributed by atoms with Gasteiger partial charge in [0.15, 0.2) is 0 Å². The minimum absolute atomic E-state index is 0.273. The van der Waals surface area contributed by atoms with Crippen LogP contribution in [0.3, 0.4) is 0 Å². The molecule has 3 aromatic rings. The van der Waals surface area contributed by atoms with Crippen molar-refractivity contribution in [1.29, 1.82) is 0 Å². The first kappa shape index (κ1) is 15.4. The van der Waals surface area contributed by atoms with E-state index in [9.17, 15) is 0 Å². The van der Waals surface area contributed by atoms with Crippen LogP contribution in [0.2, 0.25) is 0 Å². The molecular weight excluding hydrogens is 459 g/mol. The van der Waals surface area contributed by atoms with Crippen molar-refractivity contribution < 1.29 is 0 Å². The van der Waals surface area contributed by atoms with Crippen LogP contribution in [0.15, 0.2) is 46.9 Å². The Balaban J connectivity index is 1.91. The van der Waals surface area contributed by atoms with E-state index in [0.717, 1.165) is 16.4 Å². The zero-order chi connectivity index (χ0) is 14.8. The largest absolute Gasteiger partial charge is 0.313 e. The van der Waals surface area contributed by atoms with Gasteiger partial charge in [0.05, 0.1) is 15.2 Å². The number of nitrogens with zero attached hydrogens (tertiary/aromatic N) is 1.